The average molecular weight is 346 g/mol. The van der Waals surface area contributed by atoms with Crippen LogP contribution in [0.3, 0.4) is 0 Å². The first-order valence-electron chi connectivity index (χ1n) is 8.51. The number of methoxy groups -OCH3 is 1. The molecule has 0 fully saturated rings. The first-order chi connectivity index (χ1) is 11.8. The van der Waals surface area contributed by atoms with E-state index < -0.39 is 5.60 Å². The highest BCUT2D eigenvalue weighted by Crippen LogP contribution is 2.27. The Balaban J connectivity index is 2.02. The maximum atomic E-state index is 13.1. The van der Waals surface area contributed by atoms with Gasteiger partial charge in [-0.2, -0.15) is 0 Å². The van der Waals surface area contributed by atoms with Crippen LogP contribution in [0.25, 0.3) is 0 Å². The Kier molecular flexibility index (Phi) is 6.57. The fourth-order valence-electron chi connectivity index (χ4n) is 2.93. The minimum Gasteiger partial charge on any atom is -0.497 e. The molecule has 1 unspecified atom stereocenters. The largest absolute Gasteiger partial charge is 0.497 e. The lowest BCUT2D eigenvalue weighted by molar-refractivity contribution is -0.0746. The number of hydrogen-bond donors (Lipinski definition) is 1. The van der Waals surface area contributed by atoms with E-state index in [1.807, 2.05) is 31.2 Å². The van der Waals surface area contributed by atoms with Gasteiger partial charge >= 0.3 is 0 Å². The van der Waals surface area contributed by atoms with E-state index in [1.165, 1.54) is 12.1 Å². The van der Waals surface area contributed by atoms with E-state index in [1.54, 1.807) is 33.1 Å². The Hall–Kier alpha value is -1.91. The van der Waals surface area contributed by atoms with Crippen LogP contribution in [-0.4, -0.2) is 23.9 Å². The zero-order valence-corrected chi connectivity index (χ0v) is 15.3. The molecule has 0 heterocycles. The lowest BCUT2D eigenvalue weighted by Crippen LogP contribution is -2.40. The molecule has 0 radical (unpaired) electrons. The maximum absolute atomic E-state index is 13.1. The Labute approximate surface area is 149 Å². The zero-order chi connectivity index (χ0) is 18.4. The molecule has 0 saturated heterocycles. The second-order valence-corrected chi connectivity index (χ2v) is 6.95. The van der Waals surface area contributed by atoms with Crippen LogP contribution in [0, 0.1) is 11.7 Å². The summed E-state index contributed by atoms with van der Waals surface area (Å²) in [5.41, 5.74) is 1.12. The second kappa shape index (κ2) is 8.45. The lowest BCUT2D eigenvalue weighted by Gasteiger charge is -2.34. The number of halogens is 1. The van der Waals surface area contributed by atoms with E-state index in [9.17, 15) is 9.50 Å². The van der Waals surface area contributed by atoms with E-state index >= 15 is 0 Å². The molecule has 0 spiro atoms. The lowest BCUT2D eigenvalue weighted by atomic mass is 9.82. The van der Waals surface area contributed by atoms with Crippen LogP contribution in [0.5, 0.6) is 5.75 Å². The predicted molar refractivity (Wildman–Crippen MR) is 97.1 cm³/mol. The Morgan fingerprint density at radius 3 is 2.08 bits per heavy atom. The molecule has 0 amide bonds. The van der Waals surface area contributed by atoms with Gasteiger partial charge in [0, 0.05) is 5.92 Å². The first kappa shape index (κ1) is 19.4. The van der Waals surface area contributed by atoms with Gasteiger partial charge in [-0.25, -0.2) is 4.39 Å². The summed E-state index contributed by atoms with van der Waals surface area (Å²) >= 11 is 0. The predicted octanol–water partition coefficient (Wildman–Crippen LogP) is 4.37. The summed E-state index contributed by atoms with van der Waals surface area (Å²) in [6.45, 7) is 6.00. The molecule has 2 aromatic carbocycles. The molecular formula is C21H27FO3. The van der Waals surface area contributed by atoms with Crippen molar-refractivity contribution in [1.29, 1.82) is 0 Å². The van der Waals surface area contributed by atoms with Gasteiger partial charge < -0.3 is 14.6 Å². The molecule has 2 aromatic rings. The highest BCUT2D eigenvalue weighted by Gasteiger charge is 2.32. The van der Waals surface area contributed by atoms with Crippen molar-refractivity contribution in [3.05, 3.63) is 65.5 Å². The molecule has 1 N–H and O–H groups in total. The summed E-state index contributed by atoms with van der Waals surface area (Å²) in [6, 6.07) is 14.1. The quantitative estimate of drug-likeness (QED) is 0.771. The SMILES string of the molecule is COc1ccc(COC(C)[C@H](Cc2ccc(F)cc2)C(C)(C)O)cc1. The molecule has 2 atom stereocenters. The minimum absolute atomic E-state index is 0.115. The summed E-state index contributed by atoms with van der Waals surface area (Å²) < 4.78 is 24.3. The van der Waals surface area contributed by atoms with Gasteiger partial charge in [-0.15, -0.1) is 0 Å². The van der Waals surface area contributed by atoms with Gasteiger partial charge in [0.15, 0.2) is 0 Å². The molecule has 0 aromatic heterocycles. The molecule has 0 aliphatic carbocycles. The van der Waals surface area contributed by atoms with Crippen LogP contribution in [0.4, 0.5) is 4.39 Å². The topological polar surface area (TPSA) is 38.7 Å². The van der Waals surface area contributed by atoms with Crippen LogP contribution in [0.15, 0.2) is 48.5 Å². The van der Waals surface area contributed by atoms with Crippen molar-refractivity contribution in [2.24, 2.45) is 5.92 Å². The Bertz CT molecular complexity index is 644. The summed E-state index contributed by atoms with van der Waals surface area (Å²) in [5, 5.41) is 10.6. The normalized spacial score (nSPS) is 14.2. The number of hydrogen-bond acceptors (Lipinski definition) is 3. The van der Waals surface area contributed by atoms with Crippen molar-refractivity contribution in [2.75, 3.05) is 7.11 Å². The molecular weight excluding hydrogens is 319 g/mol. The van der Waals surface area contributed by atoms with Gasteiger partial charge in [0.25, 0.3) is 0 Å². The van der Waals surface area contributed by atoms with Crippen molar-refractivity contribution < 1.29 is 19.0 Å². The highest BCUT2D eigenvalue weighted by atomic mass is 19.1. The van der Waals surface area contributed by atoms with Crippen LogP contribution in [0.2, 0.25) is 0 Å². The molecule has 0 aliphatic heterocycles. The van der Waals surface area contributed by atoms with Crippen LogP contribution < -0.4 is 4.74 Å². The van der Waals surface area contributed by atoms with E-state index in [-0.39, 0.29) is 17.8 Å². The zero-order valence-electron chi connectivity index (χ0n) is 15.3. The van der Waals surface area contributed by atoms with E-state index in [0.717, 1.165) is 16.9 Å². The molecule has 3 nitrogen and oxygen atoms in total. The van der Waals surface area contributed by atoms with Gasteiger partial charge in [0.2, 0.25) is 0 Å². The number of ether oxygens (including phenoxy) is 2. The van der Waals surface area contributed by atoms with Crippen LogP contribution >= 0.6 is 0 Å². The first-order valence-corrected chi connectivity index (χ1v) is 8.51. The molecule has 4 heteroatoms. The molecule has 136 valence electrons. The fourth-order valence-corrected chi connectivity index (χ4v) is 2.93. The van der Waals surface area contributed by atoms with Crippen molar-refractivity contribution in [3.63, 3.8) is 0 Å². The van der Waals surface area contributed by atoms with Gasteiger partial charge in [0.1, 0.15) is 11.6 Å². The van der Waals surface area contributed by atoms with Crippen molar-refractivity contribution in [3.8, 4) is 5.75 Å². The number of aliphatic hydroxyl groups is 1. The van der Waals surface area contributed by atoms with Crippen LogP contribution in [0.1, 0.15) is 31.9 Å². The van der Waals surface area contributed by atoms with E-state index in [2.05, 4.69) is 0 Å². The number of rotatable bonds is 8. The van der Waals surface area contributed by atoms with Gasteiger partial charge in [-0.3, -0.25) is 0 Å². The maximum Gasteiger partial charge on any atom is 0.123 e. The fraction of sp³-hybridized carbons (Fsp3) is 0.429. The third kappa shape index (κ3) is 5.83. The highest BCUT2D eigenvalue weighted by molar-refractivity contribution is 5.26. The molecule has 0 saturated carbocycles. The third-order valence-corrected chi connectivity index (χ3v) is 4.51. The summed E-state index contributed by atoms with van der Waals surface area (Å²) in [6.07, 6.45) is 0.459. The Morgan fingerprint density at radius 2 is 1.56 bits per heavy atom. The molecule has 0 bridgehead atoms. The average Bonchev–Trinajstić information content (AvgIpc) is 2.58. The van der Waals surface area contributed by atoms with Crippen molar-refractivity contribution in [2.45, 2.75) is 45.5 Å². The molecule has 2 rings (SSSR count). The van der Waals surface area contributed by atoms with Gasteiger partial charge in [0.05, 0.1) is 25.4 Å². The Morgan fingerprint density at radius 1 is 1.00 bits per heavy atom. The van der Waals surface area contributed by atoms with Crippen LogP contribution in [-0.2, 0) is 17.8 Å². The van der Waals surface area contributed by atoms with E-state index in [4.69, 9.17) is 9.47 Å². The molecule has 25 heavy (non-hydrogen) atoms. The number of benzene rings is 2. The smallest absolute Gasteiger partial charge is 0.123 e. The van der Waals surface area contributed by atoms with Crippen molar-refractivity contribution in [1.82, 2.24) is 0 Å². The molecule has 0 aliphatic rings. The second-order valence-electron chi connectivity index (χ2n) is 6.95. The van der Waals surface area contributed by atoms with E-state index in [0.29, 0.717) is 13.0 Å². The summed E-state index contributed by atoms with van der Waals surface area (Å²) in [7, 11) is 1.64. The van der Waals surface area contributed by atoms with Gasteiger partial charge in [-0.05, 0) is 62.6 Å². The summed E-state index contributed by atoms with van der Waals surface area (Å²) in [4.78, 5) is 0. The summed E-state index contributed by atoms with van der Waals surface area (Å²) in [5.74, 6) is 0.436. The van der Waals surface area contributed by atoms with Crippen molar-refractivity contribution >= 4 is 0 Å². The standard InChI is InChI=1S/C21H27FO3/c1-15(25-14-17-7-11-19(24-4)12-8-17)20(21(2,3)23)13-16-5-9-18(22)10-6-16/h5-12,15,20,23H,13-14H2,1-4H3/t15?,20-/m0/s1. The monoisotopic (exact) mass is 346 g/mol. The minimum atomic E-state index is -0.909. The third-order valence-electron chi connectivity index (χ3n) is 4.51. The van der Waals surface area contributed by atoms with Gasteiger partial charge in [-0.1, -0.05) is 24.3 Å².